The Morgan fingerprint density at radius 2 is 1.74 bits per heavy atom. The topological polar surface area (TPSA) is 83.5 Å². The Morgan fingerprint density at radius 1 is 1.03 bits per heavy atom. The van der Waals surface area contributed by atoms with Crippen molar-refractivity contribution >= 4 is 27.7 Å². The van der Waals surface area contributed by atoms with Gasteiger partial charge in [0.25, 0.3) is 5.56 Å². The predicted molar refractivity (Wildman–Crippen MR) is 113 cm³/mol. The zero-order valence-electron chi connectivity index (χ0n) is 17.3. The van der Waals surface area contributed by atoms with Gasteiger partial charge in [0.1, 0.15) is 28.8 Å². The third kappa shape index (κ3) is 3.86. The first-order valence-electron chi connectivity index (χ1n) is 9.98. The standard InChI is InChI=1S/C23H12F6N4O2/c24-11-6-14(25)19(15(26)7-11)21(34)13-8-30-20-12(13)3-4-33(22(20)35)9-18-31-16-2-1-10(23(27,28)29)5-17(16)32-18/h1-8,30H,9H2,(H,31,32). The SMILES string of the molecule is O=C(c1c(F)cc(F)cc1F)c1c[nH]c2c(=O)n(Cc3nc4cc(C(F)(F)F)ccc4[nH]3)ccc12. The van der Waals surface area contributed by atoms with E-state index in [0.29, 0.717) is 17.6 Å². The lowest BCUT2D eigenvalue weighted by Gasteiger charge is -2.05. The predicted octanol–water partition coefficient (Wildman–Crippen LogP) is 4.92. The number of rotatable bonds is 4. The van der Waals surface area contributed by atoms with Crippen LogP contribution in [0.4, 0.5) is 26.3 Å². The average molecular weight is 490 g/mol. The van der Waals surface area contributed by atoms with Crippen LogP contribution in [-0.4, -0.2) is 25.3 Å². The van der Waals surface area contributed by atoms with Crippen molar-refractivity contribution < 1.29 is 31.1 Å². The summed E-state index contributed by atoms with van der Waals surface area (Å²) in [7, 11) is 0. The van der Waals surface area contributed by atoms with Crippen LogP contribution in [0.25, 0.3) is 21.9 Å². The fourth-order valence-electron chi connectivity index (χ4n) is 3.84. The molecule has 0 aliphatic heterocycles. The Morgan fingerprint density at radius 3 is 2.43 bits per heavy atom. The lowest BCUT2D eigenvalue weighted by Crippen LogP contribution is -2.20. The van der Waals surface area contributed by atoms with Gasteiger partial charge in [0.2, 0.25) is 5.78 Å². The van der Waals surface area contributed by atoms with Crippen LogP contribution in [-0.2, 0) is 12.7 Å². The summed E-state index contributed by atoms with van der Waals surface area (Å²) in [4.78, 5) is 35.2. The number of ketones is 1. The average Bonchev–Trinajstić information content (AvgIpc) is 3.37. The van der Waals surface area contributed by atoms with Crippen molar-refractivity contribution in [2.75, 3.05) is 0 Å². The van der Waals surface area contributed by atoms with Gasteiger partial charge in [0.15, 0.2) is 0 Å². The number of H-pyrrole nitrogens is 2. The van der Waals surface area contributed by atoms with Crippen LogP contribution >= 0.6 is 0 Å². The Labute approximate surface area is 190 Å². The van der Waals surface area contributed by atoms with Crippen LogP contribution < -0.4 is 5.56 Å². The molecule has 178 valence electrons. The van der Waals surface area contributed by atoms with Gasteiger partial charge in [-0.05, 0) is 24.3 Å². The van der Waals surface area contributed by atoms with Gasteiger partial charge in [-0.15, -0.1) is 0 Å². The highest BCUT2D eigenvalue weighted by Crippen LogP contribution is 2.31. The number of carbonyl (C=O) groups is 1. The molecule has 2 N–H and O–H groups in total. The highest BCUT2D eigenvalue weighted by atomic mass is 19.4. The lowest BCUT2D eigenvalue weighted by atomic mass is 10.0. The molecular formula is C23H12F6N4O2. The number of hydrogen-bond acceptors (Lipinski definition) is 3. The van der Waals surface area contributed by atoms with Gasteiger partial charge in [-0.25, -0.2) is 18.2 Å². The van der Waals surface area contributed by atoms with Crippen molar-refractivity contribution in [3.8, 4) is 0 Å². The van der Waals surface area contributed by atoms with Crippen molar-refractivity contribution in [3.63, 3.8) is 0 Å². The maximum absolute atomic E-state index is 14.1. The Balaban J connectivity index is 1.50. The quantitative estimate of drug-likeness (QED) is 0.277. The van der Waals surface area contributed by atoms with E-state index in [-0.39, 0.29) is 34.4 Å². The molecular weight excluding hydrogens is 478 g/mol. The molecule has 6 nitrogen and oxygen atoms in total. The van der Waals surface area contributed by atoms with E-state index in [2.05, 4.69) is 15.0 Å². The molecule has 0 amide bonds. The summed E-state index contributed by atoms with van der Waals surface area (Å²) in [5.74, 6) is -4.82. The van der Waals surface area contributed by atoms with Gasteiger partial charge in [-0.1, -0.05) is 0 Å². The van der Waals surface area contributed by atoms with Crippen LogP contribution in [0, 0.1) is 17.5 Å². The fourth-order valence-corrected chi connectivity index (χ4v) is 3.84. The highest BCUT2D eigenvalue weighted by molar-refractivity contribution is 6.16. The molecule has 12 heteroatoms. The molecule has 0 aliphatic carbocycles. The van der Waals surface area contributed by atoms with Crippen LogP contribution in [0.5, 0.6) is 0 Å². The van der Waals surface area contributed by atoms with E-state index in [1.54, 1.807) is 0 Å². The van der Waals surface area contributed by atoms with Crippen LogP contribution in [0.1, 0.15) is 27.3 Å². The third-order valence-electron chi connectivity index (χ3n) is 5.47. The highest BCUT2D eigenvalue weighted by Gasteiger charge is 2.31. The van der Waals surface area contributed by atoms with Gasteiger partial charge < -0.3 is 14.5 Å². The molecule has 0 aliphatic rings. The molecule has 0 saturated heterocycles. The molecule has 0 radical (unpaired) electrons. The molecule has 0 fully saturated rings. The zero-order valence-corrected chi connectivity index (χ0v) is 17.3. The third-order valence-corrected chi connectivity index (χ3v) is 5.47. The number of imidazole rings is 1. The molecule has 0 saturated carbocycles. The van der Waals surface area contributed by atoms with E-state index < -0.39 is 46.1 Å². The fraction of sp³-hybridized carbons (Fsp3) is 0.0870. The smallest absolute Gasteiger partial charge is 0.356 e. The number of benzene rings is 2. The number of aromatic amines is 2. The first-order chi connectivity index (χ1) is 16.5. The minimum Gasteiger partial charge on any atom is -0.356 e. The summed E-state index contributed by atoms with van der Waals surface area (Å²) in [5, 5.41) is 0.0822. The van der Waals surface area contributed by atoms with Crippen LogP contribution in [0.2, 0.25) is 0 Å². The molecule has 3 aromatic heterocycles. The summed E-state index contributed by atoms with van der Waals surface area (Å²) in [6.07, 6.45) is -2.11. The molecule has 2 aromatic carbocycles. The number of fused-ring (bicyclic) bond motifs is 2. The number of aromatic nitrogens is 4. The van der Waals surface area contributed by atoms with E-state index in [9.17, 15) is 35.9 Å². The molecule has 35 heavy (non-hydrogen) atoms. The van der Waals surface area contributed by atoms with Crippen LogP contribution in [0.15, 0.2) is 53.6 Å². The number of hydrogen-bond donors (Lipinski definition) is 2. The van der Waals surface area contributed by atoms with Crippen molar-refractivity contribution in [3.05, 3.63) is 99.1 Å². The normalized spacial score (nSPS) is 12.1. The van der Waals surface area contributed by atoms with Gasteiger partial charge >= 0.3 is 6.18 Å². The van der Waals surface area contributed by atoms with Gasteiger partial charge in [0.05, 0.1) is 28.7 Å². The molecule has 3 heterocycles. The minimum absolute atomic E-state index is 0.0470. The first kappa shape index (κ1) is 22.4. The minimum atomic E-state index is -4.53. The summed E-state index contributed by atoms with van der Waals surface area (Å²) < 4.78 is 81.3. The molecule has 5 rings (SSSR count). The van der Waals surface area contributed by atoms with Crippen molar-refractivity contribution in [1.82, 2.24) is 19.5 Å². The zero-order chi connectivity index (χ0) is 25.1. The van der Waals surface area contributed by atoms with E-state index in [4.69, 9.17) is 0 Å². The molecule has 0 spiro atoms. The summed E-state index contributed by atoms with van der Waals surface area (Å²) >= 11 is 0. The van der Waals surface area contributed by atoms with Crippen LogP contribution in [0.3, 0.4) is 0 Å². The Bertz CT molecular complexity index is 1670. The van der Waals surface area contributed by atoms with E-state index in [0.717, 1.165) is 18.3 Å². The molecule has 0 bridgehead atoms. The number of pyridine rings is 1. The summed E-state index contributed by atoms with van der Waals surface area (Å²) in [6, 6.07) is 5.15. The van der Waals surface area contributed by atoms with Crippen molar-refractivity contribution in [2.24, 2.45) is 0 Å². The Kier molecular flexibility index (Phi) is 5.04. The maximum Gasteiger partial charge on any atom is 0.416 e. The maximum atomic E-state index is 14.1. The summed E-state index contributed by atoms with van der Waals surface area (Å²) in [6.45, 7) is -0.131. The number of alkyl halides is 3. The van der Waals surface area contributed by atoms with E-state index in [1.807, 2.05) is 0 Å². The van der Waals surface area contributed by atoms with E-state index >= 15 is 0 Å². The van der Waals surface area contributed by atoms with Crippen molar-refractivity contribution in [2.45, 2.75) is 12.7 Å². The number of nitrogens with zero attached hydrogens (tertiary/aromatic N) is 2. The monoisotopic (exact) mass is 490 g/mol. The second kappa shape index (κ2) is 7.86. The van der Waals surface area contributed by atoms with Gasteiger partial charge in [-0.2, -0.15) is 13.2 Å². The molecule has 0 atom stereocenters. The molecule has 0 unspecified atom stereocenters. The second-order valence-electron chi connectivity index (χ2n) is 7.73. The first-order valence-corrected chi connectivity index (χ1v) is 9.98. The van der Waals surface area contributed by atoms with Gasteiger partial charge in [-0.3, -0.25) is 9.59 Å². The Hall–Kier alpha value is -4.35. The largest absolute Gasteiger partial charge is 0.416 e. The number of carbonyl (C=O) groups excluding carboxylic acids is 1. The van der Waals surface area contributed by atoms with Gasteiger partial charge in [0, 0.05) is 35.5 Å². The summed E-state index contributed by atoms with van der Waals surface area (Å²) in [5.41, 5.74) is -2.26. The molecule has 5 aromatic rings. The second-order valence-corrected chi connectivity index (χ2v) is 7.73. The number of halogens is 6. The van der Waals surface area contributed by atoms with E-state index in [1.165, 1.54) is 22.9 Å². The van der Waals surface area contributed by atoms with Crippen molar-refractivity contribution in [1.29, 1.82) is 0 Å². The number of nitrogens with one attached hydrogen (secondary N) is 2. The lowest BCUT2D eigenvalue weighted by molar-refractivity contribution is -0.137.